The van der Waals surface area contributed by atoms with E-state index in [2.05, 4.69) is 55.4 Å². The lowest BCUT2D eigenvalue weighted by atomic mass is 10.0. The topological polar surface area (TPSA) is 237 Å². The van der Waals surface area contributed by atoms with E-state index in [-0.39, 0.29) is 25.7 Å². The molecule has 0 saturated carbocycles. The lowest BCUT2D eigenvalue weighted by Crippen LogP contribution is -2.30. The van der Waals surface area contributed by atoms with Gasteiger partial charge in [0.2, 0.25) is 0 Å². The van der Waals surface area contributed by atoms with Crippen molar-refractivity contribution in [1.82, 2.24) is 0 Å². The number of hydrogen-bond donors (Lipinski definition) is 3. The maximum atomic E-state index is 13.0. The molecule has 0 aromatic heterocycles. The first-order valence-electron chi connectivity index (χ1n) is 35.7. The summed E-state index contributed by atoms with van der Waals surface area (Å²) in [5.41, 5.74) is 0. The number of ether oxygens (including phenoxy) is 4. The number of hydrogen-bond acceptors (Lipinski definition) is 15. The van der Waals surface area contributed by atoms with E-state index >= 15 is 0 Å². The number of esters is 4. The lowest BCUT2D eigenvalue weighted by Gasteiger charge is -2.21. The summed E-state index contributed by atoms with van der Waals surface area (Å²) in [6, 6.07) is 0. The lowest BCUT2D eigenvalue weighted by molar-refractivity contribution is -0.161. The van der Waals surface area contributed by atoms with Gasteiger partial charge in [0.25, 0.3) is 0 Å². The molecule has 0 aliphatic carbocycles. The fraction of sp³-hybridized carbons (Fsp3) is 0.942. The Morgan fingerprint density at radius 3 is 0.705 bits per heavy atom. The molecule has 0 spiro atoms. The minimum absolute atomic E-state index is 0.105. The van der Waals surface area contributed by atoms with Gasteiger partial charge in [-0.25, -0.2) is 9.13 Å². The Bertz CT molecular complexity index is 1630. The van der Waals surface area contributed by atoms with Crippen molar-refractivity contribution in [2.24, 2.45) is 23.7 Å². The number of phosphoric ester groups is 2. The van der Waals surface area contributed by atoms with Gasteiger partial charge < -0.3 is 33.8 Å². The van der Waals surface area contributed by atoms with Crippen molar-refractivity contribution in [3.8, 4) is 0 Å². The number of aliphatic hydroxyl groups excluding tert-OH is 1. The highest BCUT2D eigenvalue weighted by Gasteiger charge is 2.30. The summed E-state index contributed by atoms with van der Waals surface area (Å²) in [7, 11) is -9.90. The molecule has 0 amide bonds. The maximum absolute atomic E-state index is 13.0. The molecule has 4 atom stereocenters. The highest BCUT2D eigenvalue weighted by Crippen LogP contribution is 2.45. The Hall–Kier alpha value is -1.94. The van der Waals surface area contributed by atoms with E-state index in [9.17, 15) is 43.2 Å². The molecule has 0 aliphatic heterocycles. The molecule has 2 unspecified atom stereocenters. The zero-order valence-electron chi connectivity index (χ0n) is 57.3. The van der Waals surface area contributed by atoms with Crippen molar-refractivity contribution < 1.29 is 80.2 Å². The van der Waals surface area contributed by atoms with Crippen molar-refractivity contribution in [3.63, 3.8) is 0 Å². The normalized spacial score (nSPS) is 14.3. The Morgan fingerprint density at radius 1 is 0.284 bits per heavy atom. The molecule has 3 N–H and O–H groups in total. The Morgan fingerprint density at radius 2 is 0.477 bits per heavy atom. The molecule has 0 rings (SSSR count). The number of rotatable bonds is 66. The van der Waals surface area contributed by atoms with Crippen LogP contribution >= 0.6 is 15.6 Å². The van der Waals surface area contributed by atoms with E-state index in [0.29, 0.717) is 37.5 Å². The highest BCUT2D eigenvalue weighted by atomic mass is 31.2. The second kappa shape index (κ2) is 58.8. The van der Waals surface area contributed by atoms with Gasteiger partial charge in [0.05, 0.1) is 26.4 Å². The molecule has 0 saturated heterocycles. The summed E-state index contributed by atoms with van der Waals surface area (Å²) < 4.78 is 68.2. The second-order valence-corrected chi connectivity index (χ2v) is 29.7. The van der Waals surface area contributed by atoms with Crippen LogP contribution in [-0.2, 0) is 65.4 Å². The third kappa shape index (κ3) is 62.8. The molecule has 0 heterocycles. The Labute approximate surface area is 537 Å². The third-order valence-corrected chi connectivity index (χ3v) is 17.7. The average molecular weight is 1300 g/mol. The standard InChI is InChI=1S/C69H134O17P2/c1-59(2)45-37-29-21-15-11-9-13-17-25-35-43-51-68(73)85-64(55-79-66(71)49-41-33-27-19-23-31-39-47-61(5)6)57-83-87(75,76)81-53-63(70)54-82-88(77,78)84-58-65(56-80-67(72)50-42-34-28-20-24-32-40-48-62(7)8)86-69(74)52-44-36-26-18-14-10-12-16-22-30-38-46-60(3)4/h59-65,70H,9-58H2,1-8H3,(H,75,76)(H,77,78)/t64-,65-/m1/s1. The predicted molar refractivity (Wildman–Crippen MR) is 354 cm³/mol. The van der Waals surface area contributed by atoms with Crippen molar-refractivity contribution in [2.75, 3.05) is 39.6 Å². The van der Waals surface area contributed by atoms with Crippen LogP contribution in [-0.4, -0.2) is 96.7 Å². The van der Waals surface area contributed by atoms with E-state index in [1.54, 1.807) is 0 Å². The summed E-state index contributed by atoms with van der Waals surface area (Å²) in [6.45, 7) is 14.0. The monoisotopic (exact) mass is 1300 g/mol. The van der Waals surface area contributed by atoms with Crippen LogP contribution in [0.2, 0.25) is 0 Å². The molecule has 0 aromatic rings. The third-order valence-electron chi connectivity index (χ3n) is 15.8. The van der Waals surface area contributed by atoms with Gasteiger partial charge in [-0.05, 0) is 49.4 Å². The van der Waals surface area contributed by atoms with Gasteiger partial charge in [-0.15, -0.1) is 0 Å². The second-order valence-electron chi connectivity index (χ2n) is 26.8. The molecule has 19 heteroatoms. The van der Waals surface area contributed by atoms with Crippen molar-refractivity contribution >= 4 is 39.5 Å². The quantitative estimate of drug-likeness (QED) is 0.0222. The fourth-order valence-corrected chi connectivity index (χ4v) is 11.9. The first-order chi connectivity index (χ1) is 42.1. The van der Waals surface area contributed by atoms with E-state index in [1.165, 1.54) is 128 Å². The van der Waals surface area contributed by atoms with Crippen LogP contribution in [0.3, 0.4) is 0 Å². The molecule has 0 radical (unpaired) electrons. The summed E-state index contributed by atoms with van der Waals surface area (Å²) >= 11 is 0. The molecule has 0 aliphatic rings. The zero-order valence-corrected chi connectivity index (χ0v) is 59.1. The minimum Gasteiger partial charge on any atom is -0.462 e. The molecular weight excluding hydrogens is 1160 g/mol. The fourth-order valence-electron chi connectivity index (χ4n) is 10.3. The van der Waals surface area contributed by atoms with Gasteiger partial charge in [0.15, 0.2) is 12.2 Å². The van der Waals surface area contributed by atoms with E-state index in [0.717, 1.165) is 115 Å². The maximum Gasteiger partial charge on any atom is 0.472 e. The molecule has 522 valence electrons. The zero-order chi connectivity index (χ0) is 65.4. The van der Waals surface area contributed by atoms with Gasteiger partial charge in [0.1, 0.15) is 19.3 Å². The number of carbonyl (C=O) groups excluding carboxylic acids is 4. The highest BCUT2D eigenvalue weighted by molar-refractivity contribution is 7.47. The van der Waals surface area contributed by atoms with Crippen LogP contribution in [0.15, 0.2) is 0 Å². The van der Waals surface area contributed by atoms with Crippen molar-refractivity contribution in [1.29, 1.82) is 0 Å². The number of unbranched alkanes of at least 4 members (excludes halogenated alkanes) is 32. The molecule has 0 aromatic carbocycles. The molecule has 17 nitrogen and oxygen atoms in total. The molecule has 0 bridgehead atoms. The number of phosphoric acid groups is 2. The van der Waals surface area contributed by atoms with E-state index < -0.39 is 97.5 Å². The van der Waals surface area contributed by atoms with Gasteiger partial charge in [-0.2, -0.15) is 0 Å². The number of aliphatic hydroxyl groups is 1. The Balaban J connectivity index is 5.25. The minimum atomic E-state index is -4.95. The summed E-state index contributed by atoms with van der Waals surface area (Å²) in [5, 5.41) is 10.6. The predicted octanol–water partition coefficient (Wildman–Crippen LogP) is 19.3. The largest absolute Gasteiger partial charge is 0.472 e. The van der Waals surface area contributed by atoms with Gasteiger partial charge in [0, 0.05) is 25.7 Å². The van der Waals surface area contributed by atoms with Crippen LogP contribution in [0.4, 0.5) is 0 Å². The van der Waals surface area contributed by atoms with E-state index in [4.69, 9.17) is 37.0 Å². The summed E-state index contributed by atoms with van der Waals surface area (Å²) in [5.74, 6) is 0.809. The SMILES string of the molecule is CC(C)CCCCCCCCCCCCCC(=O)O[C@H](COC(=O)CCCCCCCCCC(C)C)COP(=O)(O)OCC(O)COP(=O)(O)OC[C@@H](COC(=O)CCCCCCCCCC(C)C)OC(=O)CCCCCCCCCCCCCC(C)C. The van der Waals surface area contributed by atoms with Gasteiger partial charge >= 0.3 is 39.5 Å². The van der Waals surface area contributed by atoms with Crippen LogP contribution in [0.1, 0.15) is 338 Å². The van der Waals surface area contributed by atoms with Gasteiger partial charge in [-0.1, -0.05) is 287 Å². The van der Waals surface area contributed by atoms with E-state index in [1.807, 2.05) is 0 Å². The van der Waals surface area contributed by atoms with Crippen LogP contribution in [0.5, 0.6) is 0 Å². The first-order valence-corrected chi connectivity index (χ1v) is 38.7. The first kappa shape index (κ1) is 86.1. The van der Waals surface area contributed by atoms with Crippen LogP contribution in [0, 0.1) is 23.7 Å². The smallest absolute Gasteiger partial charge is 0.462 e. The molecule has 0 fully saturated rings. The van der Waals surface area contributed by atoms with Crippen molar-refractivity contribution in [2.45, 2.75) is 356 Å². The summed E-state index contributed by atoms with van der Waals surface area (Å²) in [4.78, 5) is 72.5. The van der Waals surface area contributed by atoms with Crippen LogP contribution in [0.25, 0.3) is 0 Å². The molecular formula is C69H134O17P2. The average Bonchev–Trinajstić information content (AvgIpc) is 3.45. The molecule has 88 heavy (non-hydrogen) atoms. The van der Waals surface area contributed by atoms with Gasteiger partial charge in [-0.3, -0.25) is 37.3 Å². The van der Waals surface area contributed by atoms with Crippen LogP contribution < -0.4 is 0 Å². The van der Waals surface area contributed by atoms with Crippen molar-refractivity contribution in [3.05, 3.63) is 0 Å². The number of carbonyl (C=O) groups is 4. The summed E-state index contributed by atoms with van der Waals surface area (Å²) in [6.07, 6.45) is 40.4. The Kier molecular flexibility index (Phi) is 57.6.